The Bertz CT molecular complexity index is 187. The van der Waals surface area contributed by atoms with E-state index in [0.29, 0.717) is 19.7 Å². The van der Waals surface area contributed by atoms with Crippen molar-refractivity contribution >= 4 is 6.03 Å². The van der Waals surface area contributed by atoms with E-state index < -0.39 is 0 Å². The van der Waals surface area contributed by atoms with E-state index in [9.17, 15) is 4.79 Å². The van der Waals surface area contributed by atoms with Crippen molar-refractivity contribution in [2.75, 3.05) is 32.9 Å². The van der Waals surface area contributed by atoms with Crippen LogP contribution in [0.15, 0.2) is 0 Å². The maximum absolute atomic E-state index is 11.7. The van der Waals surface area contributed by atoms with E-state index in [0.717, 1.165) is 19.4 Å². The second-order valence-electron chi connectivity index (χ2n) is 3.72. The standard InChI is InChI=1S/C10H20N2O3/c1-2-4-12(5-6-13)10(14)11-9-3-7-15-8-9/h9,13H,2-8H2,1H3,(H,11,14). The minimum absolute atomic E-state index is 0.00852. The molecule has 0 aromatic rings. The predicted molar refractivity (Wildman–Crippen MR) is 56.7 cm³/mol. The van der Waals surface area contributed by atoms with Crippen LogP contribution >= 0.6 is 0 Å². The van der Waals surface area contributed by atoms with Crippen molar-refractivity contribution in [3.8, 4) is 0 Å². The lowest BCUT2D eigenvalue weighted by Gasteiger charge is -2.23. The van der Waals surface area contributed by atoms with Gasteiger partial charge in [0.1, 0.15) is 0 Å². The average molecular weight is 216 g/mol. The number of aliphatic hydroxyl groups is 1. The number of carbonyl (C=O) groups is 1. The van der Waals surface area contributed by atoms with Crippen LogP contribution in [0.1, 0.15) is 19.8 Å². The Morgan fingerprint density at radius 3 is 2.93 bits per heavy atom. The van der Waals surface area contributed by atoms with Crippen LogP contribution in [-0.2, 0) is 4.74 Å². The first-order chi connectivity index (χ1) is 7.27. The fourth-order valence-electron chi connectivity index (χ4n) is 1.62. The van der Waals surface area contributed by atoms with Gasteiger partial charge in [0, 0.05) is 19.7 Å². The number of rotatable bonds is 5. The minimum Gasteiger partial charge on any atom is -0.395 e. The number of hydrogen-bond acceptors (Lipinski definition) is 3. The van der Waals surface area contributed by atoms with E-state index in [1.54, 1.807) is 4.90 Å². The molecule has 1 saturated heterocycles. The van der Waals surface area contributed by atoms with Gasteiger partial charge in [0.2, 0.25) is 0 Å². The fourth-order valence-corrected chi connectivity index (χ4v) is 1.62. The summed E-state index contributed by atoms with van der Waals surface area (Å²) in [5.74, 6) is 0. The van der Waals surface area contributed by atoms with Crippen LogP contribution in [0, 0.1) is 0 Å². The van der Waals surface area contributed by atoms with Gasteiger partial charge in [-0.25, -0.2) is 4.79 Å². The van der Waals surface area contributed by atoms with Crippen molar-refractivity contribution in [1.82, 2.24) is 10.2 Å². The summed E-state index contributed by atoms with van der Waals surface area (Å²) in [7, 11) is 0. The van der Waals surface area contributed by atoms with Crippen molar-refractivity contribution in [3.63, 3.8) is 0 Å². The largest absolute Gasteiger partial charge is 0.395 e. The number of amides is 2. The number of carbonyl (C=O) groups excluding carboxylic acids is 1. The highest BCUT2D eigenvalue weighted by atomic mass is 16.5. The summed E-state index contributed by atoms with van der Waals surface area (Å²) in [6, 6.07) is 0.0388. The summed E-state index contributed by atoms with van der Waals surface area (Å²) < 4.78 is 5.18. The van der Waals surface area contributed by atoms with Crippen molar-refractivity contribution in [2.45, 2.75) is 25.8 Å². The van der Waals surface area contributed by atoms with Gasteiger partial charge in [-0.1, -0.05) is 6.92 Å². The van der Waals surface area contributed by atoms with Crippen molar-refractivity contribution in [2.24, 2.45) is 0 Å². The van der Waals surface area contributed by atoms with Crippen molar-refractivity contribution < 1.29 is 14.6 Å². The van der Waals surface area contributed by atoms with E-state index in [-0.39, 0.29) is 18.7 Å². The average Bonchev–Trinajstić information content (AvgIpc) is 2.70. The summed E-state index contributed by atoms with van der Waals surface area (Å²) >= 11 is 0. The molecule has 1 aliphatic heterocycles. The van der Waals surface area contributed by atoms with Gasteiger partial charge in [0.05, 0.1) is 19.3 Å². The molecule has 5 heteroatoms. The van der Waals surface area contributed by atoms with Crippen LogP contribution in [0.3, 0.4) is 0 Å². The molecule has 15 heavy (non-hydrogen) atoms. The topological polar surface area (TPSA) is 61.8 Å². The van der Waals surface area contributed by atoms with E-state index in [1.807, 2.05) is 6.92 Å². The summed E-state index contributed by atoms with van der Waals surface area (Å²) in [5, 5.41) is 11.7. The molecule has 0 aromatic carbocycles. The smallest absolute Gasteiger partial charge is 0.317 e. The number of nitrogens with zero attached hydrogens (tertiary/aromatic N) is 1. The normalized spacial score (nSPS) is 20.3. The highest BCUT2D eigenvalue weighted by Crippen LogP contribution is 2.04. The third-order valence-corrected chi connectivity index (χ3v) is 2.41. The Kier molecular flexibility index (Phi) is 5.42. The van der Waals surface area contributed by atoms with Gasteiger partial charge in [0.25, 0.3) is 0 Å². The number of ether oxygens (including phenoxy) is 1. The molecular weight excluding hydrogens is 196 g/mol. The molecule has 0 spiro atoms. The molecule has 1 rings (SSSR count). The minimum atomic E-state index is -0.0959. The molecule has 1 aliphatic rings. The molecule has 0 radical (unpaired) electrons. The number of hydrogen-bond donors (Lipinski definition) is 2. The van der Waals surface area contributed by atoms with Crippen LogP contribution in [0.2, 0.25) is 0 Å². The van der Waals surface area contributed by atoms with Gasteiger partial charge in [-0.3, -0.25) is 0 Å². The molecule has 0 saturated carbocycles. The van der Waals surface area contributed by atoms with Crippen LogP contribution < -0.4 is 5.32 Å². The molecule has 1 unspecified atom stereocenters. The van der Waals surface area contributed by atoms with Gasteiger partial charge < -0.3 is 20.1 Å². The third kappa shape index (κ3) is 4.05. The Balaban J connectivity index is 2.33. The van der Waals surface area contributed by atoms with Gasteiger partial charge in [-0.2, -0.15) is 0 Å². The van der Waals surface area contributed by atoms with E-state index in [4.69, 9.17) is 9.84 Å². The van der Waals surface area contributed by atoms with Gasteiger partial charge in [-0.15, -0.1) is 0 Å². The van der Waals surface area contributed by atoms with Gasteiger partial charge >= 0.3 is 6.03 Å². The zero-order valence-electron chi connectivity index (χ0n) is 9.24. The predicted octanol–water partition coefficient (Wildman–Crippen LogP) is 0.189. The Hall–Kier alpha value is -0.810. The molecule has 1 fully saturated rings. The Morgan fingerprint density at radius 2 is 2.40 bits per heavy atom. The molecule has 0 aromatic heterocycles. The van der Waals surface area contributed by atoms with E-state index >= 15 is 0 Å². The van der Waals surface area contributed by atoms with Gasteiger partial charge in [0.15, 0.2) is 0 Å². The lowest BCUT2D eigenvalue weighted by atomic mass is 10.3. The molecule has 2 amide bonds. The van der Waals surface area contributed by atoms with Crippen molar-refractivity contribution in [1.29, 1.82) is 0 Å². The molecule has 88 valence electrons. The maximum Gasteiger partial charge on any atom is 0.317 e. The highest BCUT2D eigenvalue weighted by molar-refractivity contribution is 5.74. The molecule has 5 nitrogen and oxygen atoms in total. The Labute approximate surface area is 90.4 Å². The van der Waals surface area contributed by atoms with E-state index in [2.05, 4.69) is 5.32 Å². The van der Waals surface area contributed by atoms with Crippen LogP contribution in [-0.4, -0.2) is 55.0 Å². The molecule has 2 N–H and O–H groups in total. The van der Waals surface area contributed by atoms with Crippen LogP contribution in [0.5, 0.6) is 0 Å². The quantitative estimate of drug-likeness (QED) is 0.689. The highest BCUT2D eigenvalue weighted by Gasteiger charge is 2.20. The summed E-state index contributed by atoms with van der Waals surface area (Å²) in [5.41, 5.74) is 0. The first kappa shape index (κ1) is 12.3. The molecule has 1 atom stereocenters. The second kappa shape index (κ2) is 6.63. The van der Waals surface area contributed by atoms with Crippen molar-refractivity contribution in [3.05, 3.63) is 0 Å². The zero-order valence-corrected chi connectivity index (χ0v) is 9.24. The number of aliphatic hydroxyl groups excluding tert-OH is 1. The lowest BCUT2D eigenvalue weighted by Crippen LogP contribution is -2.46. The lowest BCUT2D eigenvalue weighted by molar-refractivity contribution is 0.167. The first-order valence-corrected chi connectivity index (χ1v) is 5.52. The Morgan fingerprint density at radius 1 is 1.60 bits per heavy atom. The van der Waals surface area contributed by atoms with E-state index in [1.165, 1.54) is 0 Å². The summed E-state index contributed by atoms with van der Waals surface area (Å²) in [4.78, 5) is 13.4. The SMILES string of the molecule is CCCN(CCO)C(=O)NC1CCOC1. The molecule has 0 aliphatic carbocycles. The van der Waals surface area contributed by atoms with Crippen LogP contribution in [0.4, 0.5) is 4.79 Å². The molecular formula is C10H20N2O3. The summed E-state index contributed by atoms with van der Waals surface area (Å²) in [6.07, 6.45) is 1.78. The maximum atomic E-state index is 11.7. The monoisotopic (exact) mass is 216 g/mol. The fraction of sp³-hybridized carbons (Fsp3) is 0.900. The number of nitrogens with one attached hydrogen (secondary N) is 1. The second-order valence-corrected chi connectivity index (χ2v) is 3.72. The third-order valence-electron chi connectivity index (χ3n) is 2.41. The first-order valence-electron chi connectivity index (χ1n) is 5.52. The molecule has 1 heterocycles. The number of urea groups is 1. The zero-order chi connectivity index (χ0) is 11.1. The molecule has 0 bridgehead atoms. The van der Waals surface area contributed by atoms with Crippen LogP contribution in [0.25, 0.3) is 0 Å². The van der Waals surface area contributed by atoms with Gasteiger partial charge in [-0.05, 0) is 12.8 Å². The summed E-state index contributed by atoms with van der Waals surface area (Å²) in [6.45, 7) is 4.42.